The second kappa shape index (κ2) is 6.25. The minimum atomic E-state index is 0.00185. The fourth-order valence-electron chi connectivity index (χ4n) is 1.60. The van der Waals surface area contributed by atoms with E-state index in [1.54, 1.807) is 20.3 Å². The lowest BCUT2D eigenvalue weighted by atomic mass is 10.1. The van der Waals surface area contributed by atoms with E-state index in [4.69, 9.17) is 9.47 Å². The lowest BCUT2D eigenvalue weighted by Crippen LogP contribution is -2.23. The molecule has 1 aromatic carbocycles. The van der Waals surface area contributed by atoms with Gasteiger partial charge in [-0.2, -0.15) is 0 Å². The molecule has 94 valence electrons. The van der Waals surface area contributed by atoms with E-state index in [2.05, 4.69) is 5.32 Å². The lowest BCUT2D eigenvalue weighted by Gasteiger charge is -2.12. The monoisotopic (exact) mass is 237 g/mol. The van der Waals surface area contributed by atoms with Gasteiger partial charge < -0.3 is 14.8 Å². The molecule has 4 heteroatoms. The zero-order valence-electron chi connectivity index (χ0n) is 10.8. The summed E-state index contributed by atoms with van der Waals surface area (Å²) in [6.07, 6.45) is 0. The number of likely N-dealkylation sites (N-methyl/N-ethyl adjacent to an activating group) is 1. The first-order valence-electron chi connectivity index (χ1n) is 5.60. The van der Waals surface area contributed by atoms with Gasteiger partial charge in [-0.25, -0.2) is 0 Å². The smallest absolute Gasteiger partial charge is 0.180 e. The van der Waals surface area contributed by atoms with Crippen molar-refractivity contribution in [1.82, 2.24) is 5.32 Å². The number of methoxy groups -OCH3 is 2. The highest BCUT2D eigenvalue weighted by atomic mass is 16.5. The Labute approximate surface area is 102 Å². The fourth-order valence-corrected chi connectivity index (χ4v) is 1.60. The van der Waals surface area contributed by atoms with Crippen LogP contribution in [0, 0.1) is 6.92 Å². The molecule has 0 atom stereocenters. The first kappa shape index (κ1) is 13.5. The molecule has 0 amide bonds. The molecule has 0 aliphatic heterocycles. The molecule has 4 nitrogen and oxygen atoms in total. The van der Waals surface area contributed by atoms with Gasteiger partial charge in [-0.05, 0) is 31.2 Å². The average molecular weight is 237 g/mol. The largest absolute Gasteiger partial charge is 0.496 e. The van der Waals surface area contributed by atoms with Crippen molar-refractivity contribution in [2.24, 2.45) is 0 Å². The Hall–Kier alpha value is -1.55. The fraction of sp³-hybridized carbons (Fsp3) is 0.462. The molecular weight excluding hydrogens is 218 g/mol. The molecule has 0 aliphatic rings. The lowest BCUT2D eigenvalue weighted by molar-refractivity contribution is 0.0988. The zero-order chi connectivity index (χ0) is 12.8. The van der Waals surface area contributed by atoms with Gasteiger partial charge in [0.15, 0.2) is 5.78 Å². The predicted octanol–water partition coefficient (Wildman–Crippen LogP) is 1.80. The summed E-state index contributed by atoms with van der Waals surface area (Å²) in [5.41, 5.74) is 1.50. The van der Waals surface area contributed by atoms with Gasteiger partial charge in [0.05, 0.1) is 26.3 Å². The highest BCUT2D eigenvalue weighted by Gasteiger charge is 2.14. The highest BCUT2D eigenvalue weighted by Crippen LogP contribution is 2.28. The molecule has 1 N–H and O–H groups in total. The summed E-state index contributed by atoms with van der Waals surface area (Å²) in [6.45, 7) is 4.94. The minimum absolute atomic E-state index is 0.00185. The molecule has 0 bridgehead atoms. The quantitative estimate of drug-likeness (QED) is 0.766. The van der Waals surface area contributed by atoms with Crippen molar-refractivity contribution in [3.05, 3.63) is 23.3 Å². The van der Waals surface area contributed by atoms with Crippen LogP contribution in [0.5, 0.6) is 11.5 Å². The number of ketones is 1. The number of nitrogens with one attached hydrogen (secondary N) is 1. The van der Waals surface area contributed by atoms with E-state index in [0.717, 1.165) is 12.1 Å². The van der Waals surface area contributed by atoms with Crippen molar-refractivity contribution in [1.29, 1.82) is 0 Å². The molecule has 17 heavy (non-hydrogen) atoms. The molecule has 1 rings (SSSR count). The Morgan fingerprint density at radius 1 is 1.24 bits per heavy atom. The third-order valence-electron chi connectivity index (χ3n) is 2.55. The molecule has 0 saturated heterocycles. The van der Waals surface area contributed by atoms with E-state index in [1.165, 1.54) is 0 Å². The molecule has 0 fully saturated rings. The minimum Gasteiger partial charge on any atom is -0.496 e. The second-order valence-corrected chi connectivity index (χ2v) is 3.73. The van der Waals surface area contributed by atoms with Crippen LogP contribution in [0.25, 0.3) is 0 Å². The Bertz CT molecular complexity index is 402. The number of carbonyl (C=O) groups excluding carboxylic acids is 1. The summed E-state index contributed by atoms with van der Waals surface area (Å²) < 4.78 is 10.4. The number of carbonyl (C=O) groups is 1. The standard InChI is InChI=1S/C13H19NO3/c1-5-14-8-11(15)10-7-12(16-3)9(2)6-13(10)17-4/h6-7,14H,5,8H2,1-4H3. The van der Waals surface area contributed by atoms with Crippen LogP contribution in [0.3, 0.4) is 0 Å². The van der Waals surface area contributed by atoms with Gasteiger partial charge in [0.1, 0.15) is 11.5 Å². The van der Waals surface area contributed by atoms with Crippen LogP contribution in [0.15, 0.2) is 12.1 Å². The normalized spacial score (nSPS) is 10.1. The number of Topliss-reactive ketones (excluding diaryl/α,β-unsaturated/α-hetero) is 1. The van der Waals surface area contributed by atoms with Gasteiger partial charge in [0.25, 0.3) is 0 Å². The number of rotatable bonds is 6. The Balaban J connectivity index is 3.07. The summed E-state index contributed by atoms with van der Waals surface area (Å²) in [5.74, 6) is 1.29. The van der Waals surface area contributed by atoms with Gasteiger partial charge in [0, 0.05) is 0 Å². The van der Waals surface area contributed by atoms with E-state index in [1.807, 2.05) is 19.9 Å². The van der Waals surface area contributed by atoms with Gasteiger partial charge in [-0.3, -0.25) is 4.79 Å². The summed E-state index contributed by atoms with van der Waals surface area (Å²) in [6, 6.07) is 3.55. The maximum absolute atomic E-state index is 12.0. The van der Waals surface area contributed by atoms with E-state index >= 15 is 0 Å². The van der Waals surface area contributed by atoms with Crippen molar-refractivity contribution in [2.45, 2.75) is 13.8 Å². The molecule has 0 aromatic heterocycles. The van der Waals surface area contributed by atoms with Crippen LogP contribution in [0.1, 0.15) is 22.8 Å². The Morgan fingerprint density at radius 3 is 2.41 bits per heavy atom. The Kier molecular flexibility index (Phi) is 4.97. The SMILES string of the molecule is CCNCC(=O)c1cc(OC)c(C)cc1OC. The van der Waals surface area contributed by atoms with E-state index in [9.17, 15) is 4.79 Å². The van der Waals surface area contributed by atoms with Gasteiger partial charge in [-0.15, -0.1) is 0 Å². The maximum atomic E-state index is 12.0. The first-order chi connectivity index (χ1) is 8.13. The summed E-state index contributed by atoms with van der Waals surface area (Å²) in [4.78, 5) is 12.0. The number of benzene rings is 1. The third kappa shape index (κ3) is 3.20. The number of aryl methyl sites for hydroxylation is 1. The number of hydrogen-bond donors (Lipinski definition) is 1. The van der Waals surface area contributed by atoms with Crippen LogP contribution >= 0.6 is 0 Å². The van der Waals surface area contributed by atoms with Crippen LogP contribution < -0.4 is 14.8 Å². The van der Waals surface area contributed by atoms with E-state index in [-0.39, 0.29) is 5.78 Å². The van der Waals surface area contributed by atoms with Gasteiger partial charge in [-0.1, -0.05) is 6.92 Å². The molecule has 0 aliphatic carbocycles. The topological polar surface area (TPSA) is 47.6 Å². The molecule has 0 saturated carbocycles. The van der Waals surface area contributed by atoms with Crippen molar-refractivity contribution < 1.29 is 14.3 Å². The number of ether oxygens (including phenoxy) is 2. The van der Waals surface area contributed by atoms with Crippen molar-refractivity contribution in [2.75, 3.05) is 27.3 Å². The highest BCUT2D eigenvalue weighted by molar-refractivity contribution is 6.00. The summed E-state index contributed by atoms with van der Waals surface area (Å²) in [5, 5.41) is 3.00. The zero-order valence-corrected chi connectivity index (χ0v) is 10.8. The average Bonchev–Trinajstić information content (AvgIpc) is 2.35. The van der Waals surface area contributed by atoms with Crippen molar-refractivity contribution in [3.8, 4) is 11.5 Å². The third-order valence-corrected chi connectivity index (χ3v) is 2.55. The van der Waals surface area contributed by atoms with Gasteiger partial charge >= 0.3 is 0 Å². The Morgan fingerprint density at radius 2 is 1.88 bits per heavy atom. The van der Waals surface area contributed by atoms with Crippen LogP contribution in [0.4, 0.5) is 0 Å². The van der Waals surface area contributed by atoms with Gasteiger partial charge in [0.2, 0.25) is 0 Å². The second-order valence-electron chi connectivity index (χ2n) is 3.73. The maximum Gasteiger partial charge on any atom is 0.180 e. The molecule has 1 aromatic rings. The number of hydrogen-bond acceptors (Lipinski definition) is 4. The molecule has 0 heterocycles. The van der Waals surface area contributed by atoms with Crippen molar-refractivity contribution in [3.63, 3.8) is 0 Å². The van der Waals surface area contributed by atoms with E-state index < -0.39 is 0 Å². The van der Waals surface area contributed by atoms with Crippen LogP contribution in [0.2, 0.25) is 0 Å². The molecule has 0 spiro atoms. The summed E-state index contributed by atoms with van der Waals surface area (Å²) in [7, 11) is 3.15. The van der Waals surface area contributed by atoms with E-state index in [0.29, 0.717) is 23.6 Å². The van der Waals surface area contributed by atoms with Crippen LogP contribution in [-0.2, 0) is 0 Å². The first-order valence-corrected chi connectivity index (χ1v) is 5.60. The molecule has 0 unspecified atom stereocenters. The van der Waals surface area contributed by atoms with Crippen molar-refractivity contribution >= 4 is 5.78 Å². The molecular formula is C13H19NO3. The molecule has 0 radical (unpaired) electrons. The van der Waals surface area contributed by atoms with Crippen LogP contribution in [-0.4, -0.2) is 33.1 Å². The predicted molar refractivity (Wildman–Crippen MR) is 67.2 cm³/mol. The summed E-state index contributed by atoms with van der Waals surface area (Å²) >= 11 is 0.